The Bertz CT molecular complexity index is 225. The summed E-state index contributed by atoms with van der Waals surface area (Å²) in [7, 11) is 3.59. The quantitative estimate of drug-likeness (QED) is 0.725. The molecule has 0 radical (unpaired) electrons. The Kier molecular flexibility index (Phi) is 14.5. The third kappa shape index (κ3) is 9.46. The molecule has 0 aromatic heterocycles. The van der Waals surface area contributed by atoms with Crippen LogP contribution in [-0.4, -0.2) is 63.8 Å². The molecule has 0 bridgehead atoms. The standard InChI is InChI=1S/C12H25N3O2.2ClH/c1-13-6-3-12(16)14-11-4-7-15(8-5-11)9-10-17-2;;/h11,13H,3-10H2,1-2H3,(H,14,16);2*1H. The first-order valence-corrected chi connectivity index (χ1v) is 6.41. The molecule has 0 spiro atoms. The van der Waals surface area contributed by atoms with Gasteiger partial charge >= 0.3 is 0 Å². The molecule has 1 saturated heterocycles. The maximum Gasteiger partial charge on any atom is 0.221 e. The van der Waals surface area contributed by atoms with E-state index in [-0.39, 0.29) is 30.7 Å². The van der Waals surface area contributed by atoms with Crippen molar-refractivity contribution in [3.05, 3.63) is 0 Å². The van der Waals surface area contributed by atoms with E-state index in [1.54, 1.807) is 7.11 Å². The summed E-state index contributed by atoms with van der Waals surface area (Å²) in [4.78, 5) is 13.9. The van der Waals surface area contributed by atoms with Crippen LogP contribution < -0.4 is 10.6 Å². The average Bonchev–Trinajstić information content (AvgIpc) is 2.35. The number of hydrogen-bond acceptors (Lipinski definition) is 4. The number of carbonyl (C=O) groups excluding carboxylic acids is 1. The fourth-order valence-electron chi connectivity index (χ4n) is 2.06. The van der Waals surface area contributed by atoms with Crippen molar-refractivity contribution in [1.82, 2.24) is 15.5 Å². The zero-order valence-corrected chi connectivity index (χ0v) is 13.4. The second-order valence-corrected chi connectivity index (χ2v) is 4.53. The number of hydrogen-bond donors (Lipinski definition) is 2. The maximum absolute atomic E-state index is 11.5. The van der Waals surface area contributed by atoms with Gasteiger partial charge in [-0.2, -0.15) is 0 Å². The van der Waals surface area contributed by atoms with Gasteiger partial charge in [0.1, 0.15) is 0 Å². The van der Waals surface area contributed by atoms with Gasteiger partial charge in [-0.3, -0.25) is 4.79 Å². The van der Waals surface area contributed by atoms with E-state index in [9.17, 15) is 4.79 Å². The van der Waals surface area contributed by atoms with E-state index in [1.165, 1.54) is 0 Å². The van der Waals surface area contributed by atoms with Crippen LogP contribution in [0.15, 0.2) is 0 Å². The molecular formula is C12H27Cl2N3O2. The highest BCUT2D eigenvalue weighted by Gasteiger charge is 2.19. The fourth-order valence-corrected chi connectivity index (χ4v) is 2.06. The lowest BCUT2D eigenvalue weighted by molar-refractivity contribution is -0.122. The molecule has 0 aromatic rings. The molecule has 1 heterocycles. The summed E-state index contributed by atoms with van der Waals surface area (Å²) >= 11 is 0. The number of halogens is 2. The predicted molar refractivity (Wildman–Crippen MR) is 82.5 cm³/mol. The first kappa shape index (κ1) is 21.2. The lowest BCUT2D eigenvalue weighted by atomic mass is 10.0. The number of methoxy groups -OCH3 is 1. The zero-order valence-electron chi connectivity index (χ0n) is 11.8. The van der Waals surface area contributed by atoms with Gasteiger partial charge in [-0.1, -0.05) is 0 Å². The van der Waals surface area contributed by atoms with Crippen LogP contribution in [0, 0.1) is 0 Å². The summed E-state index contributed by atoms with van der Waals surface area (Å²) in [5.41, 5.74) is 0. The Balaban J connectivity index is 0. The van der Waals surface area contributed by atoms with Gasteiger partial charge in [0.25, 0.3) is 0 Å². The number of piperidine rings is 1. The minimum absolute atomic E-state index is 0. The number of rotatable bonds is 7. The smallest absolute Gasteiger partial charge is 0.221 e. The first-order chi connectivity index (χ1) is 8.26. The zero-order chi connectivity index (χ0) is 12.5. The number of ether oxygens (including phenoxy) is 1. The summed E-state index contributed by atoms with van der Waals surface area (Å²) in [5.74, 6) is 0.162. The molecule has 1 fully saturated rings. The van der Waals surface area contributed by atoms with E-state index in [1.807, 2.05) is 7.05 Å². The lowest BCUT2D eigenvalue weighted by Gasteiger charge is -2.32. The Hall–Kier alpha value is -0.0700. The molecule has 5 nitrogen and oxygen atoms in total. The van der Waals surface area contributed by atoms with Crippen LogP contribution in [0.5, 0.6) is 0 Å². The van der Waals surface area contributed by atoms with Crippen molar-refractivity contribution in [1.29, 1.82) is 0 Å². The van der Waals surface area contributed by atoms with E-state index >= 15 is 0 Å². The van der Waals surface area contributed by atoms with Gasteiger partial charge in [0.15, 0.2) is 0 Å². The van der Waals surface area contributed by atoms with Crippen LogP contribution in [0.4, 0.5) is 0 Å². The molecule has 0 unspecified atom stereocenters. The molecule has 0 aliphatic carbocycles. The average molecular weight is 316 g/mol. The molecule has 0 saturated carbocycles. The van der Waals surface area contributed by atoms with Gasteiger partial charge in [-0.25, -0.2) is 0 Å². The van der Waals surface area contributed by atoms with Gasteiger partial charge in [-0.15, -0.1) is 24.8 Å². The van der Waals surface area contributed by atoms with E-state index in [4.69, 9.17) is 4.74 Å². The molecule has 0 atom stereocenters. The van der Waals surface area contributed by atoms with E-state index in [2.05, 4.69) is 15.5 Å². The van der Waals surface area contributed by atoms with Crippen molar-refractivity contribution in [3.8, 4) is 0 Å². The Labute approximate surface area is 128 Å². The normalized spacial score (nSPS) is 16.3. The largest absolute Gasteiger partial charge is 0.383 e. The molecular weight excluding hydrogens is 289 g/mol. The van der Waals surface area contributed by atoms with E-state index in [0.29, 0.717) is 12.5 Å². The van der Waals surface area contributed by atoms with Crippen molar-refractivity contribution < 1.29 is 9.53 Å². The molecule has 1 aliphatic heterocycles. The molecule has 1 aliphatic rings. The van der Waals surface area contributed by atoms with Gasteiger partial charge in [0, 0.05) is 45.8 Å². The van der Waals surface area contributed by atoms with Gasteiger partial charge in [0.2, 0.25) is 5.91 Å². The topological polar surface area (TPSA) is 53.6 Å². The monoisotopic (exact) mass is 315 g/mol. The molecule has 1 rings (SSSR count). The Morgan fingerprint density at radius 3 is 2.47 bits per heavy atom. The van der Waals surface area contributed by atoms with Crippen LogP contribution in [0.25, 0.3) is 0 Å². The summed E-state index contributed by atoms with van der Waals surface area (Å²) in [6.45, 7) is 4.65. The molecule has 19 heavy (non-hydrogen) atoms. The number of likely N-dealkylation sites (tertiary alicyclic amines) is 1. The SMILES string of the molecule is CNCCC(=O)NC1CCN(CCOC)CC1.Cl.Cl. The van der Waals surface area contributed by atoms with Crippen LogP contribution in [-0.2, 0) is 9.53 Å². The second kappa shape index (κ2) is 12.9. The van der Waals surface area contributed by atoms with Gasteiger partial charge in [-0.05, 0) is 19.9 Å². The van der Waals surface area contributed by atoms with Crippen LogP contribution in [0.3, 0.4) is 0 Å². The molecule has 1 amide bonds. The van der Waals surface area contributed by atoms with Crippen LogP contribution in [0.1, 0.15) is 19.3 Å². The Morgan fingerprint density at radius 2 is 1.95 bits per heavy atom. The number of amides is 1. The number of nitrogens with zero attached hydrogens (tertiary/aromatic N) is 1. The summed E-state index contributed by atoms with van der Waals surface area (Å²) in [6.07, 6.45) is 2.67. The number of carbonyl (C=O) groups is 1. The molecule has 7 heteroatoms. The maximum atomic E-state index is 11.5. The van der Waals surface area contributed by atoms with Gasteiger partial charge in [0.05, 0.1) is 6.61 Å². The van der Waals surface area contributed by atoms with Crippen LogP contribution in [0.2, 0.25) is 0 Å². The van der Waals surface area contributed by atoms with Gasteiger partial charge < -0.3 is 20.3 Å². The van der Waals surface area contributed by atoms with Crippen molar-refractivity contribution in [2.75, 3.05) is 46.9 Å². The van der Waals surface area contributed by atoms with Crippen molar-refractivity contribution in [3.63, 3.8) is 0 Å². The predicted octanol–water partition coefficient (Wildman–Crippen LogP) is 0.666. The molecule has 0 aromatic carbocycles. The highest BCUT2D eigenvalue weighted by Crippen LogP contribution is 2.09. The summed E-state index contributed by atoms with van der Waals surface area (Å²) in [6, 6.07) is 0.359. The third-order valence-electron chi connectivity index (χ3n) is 3.17. The summed E-state index contributed by atoms with van der Waals surface area (Å²) < 4.78 is 5.06. The van der Waals surface area contributed by atoms with E-state index < -0.39 is 0 Å². The highest BCUT2D eigenvalue weighted by molar-refractivity contribution is 5.85. The first-order valence-electron chi connectivity index (χ1n) is 6.41. The summed E-state index contributed by atoms with van der Waals surface area (Å²) in [5, 5.41) is 6.08. The Morgan fingerprint density at radius 1 is 1.32 bits per heavy atom. The third-order valence-corrected chi connectivity index (χ3v) is 3.17. The van der Waals surface area contributed by atoms with E-state index in [0.717, 1.165) is 45.6 Å². The lowest BCUT2D eigenvalue weighted by Crippen LogP contribution is -2.45. The highest BCUT2D eigenvalue weighted by atomic mass is 35.5. The van der Waals surface area contributed by atoms with Crippen LogP contribution >= 0.6 is 24.8 Å². The molecule has 2 N–H and O–H groups in total. The van der Waals surface area contributed by atoms with Crippen molar-refractivity contribution >= 4 is 30.7 Å². The van der Waals surface area contributed by atoms with Crippen molar-refractivity contribution in [2.45, 2.75) is 25.3 Å². The fraction of sp³-hybridized carbons (Fsp3) is 0.917. The minimum atomic E-state index is 0. The minimum Gasteiger partial charge on any atom is -0.383 e. The molecule has 116 valence electrons. The number of nitrogens with one attached hydrogen (secondary N) is 2. The van der Waals surface area contributed by atoms with Crippen molar-refractivity contribution in [2.24, 2.45) is 0 Å². The second-order valence-electron chi connectivity index (χ2n) is 4.53.